The van der Waals surface area contributed by atoms with Gasteiger partial charge in [0.15, 0.2) is 0 Å². The van der Waals surface area contributed by atoms with Crippen molar-refractivity contribution < 1.29 is 22.3 Å². The molecule has 2 saturated heterocycles. The van der Waals surface area contributed by atoms with E-state index >= 15 is 0 Å². The molecule has 186 valence electrons. The van der Waals surface area contributed by atoms with Gasteiger partial charge in [0.1, 0.15) is 27.5 Å². The highest BCUT2D eigenvalue weighted by atomic mass is 32.2. The van der Waals surface area contributed by atoms with E-state index in [0.29, 0.717) is 61.8 Å². The number of fused-ring (bicyclic) bond motifs is 1. The van der Waals surface area contributed by atoms with E-state index < -0.39 is 10.0 Å². The predicted molar refractivity (Wildman–Crippen MR) is 130 cm³/mol. The van der Waals surface area contributed by atoms with Crippen molar-refractivity contribution >= 4 is 38.7 Å². The van der Waals surface area contributed by atoms with Crippen LogP contribution in [0.4, 0.5) is 4.39 Å². The Bertz CT molecular complexity index is 1290. The quantitative estimate of drug-likeness (QED) is 0.475. The van der Waals surface area contributed by atoms with Crippen molar-refractivity contribution in [1.82, 2.24) is 18.0 Å². The lowest BCUT2D eigenvalue weighted by Gasteiger charge is -2.32. The third-order valence-corrected chi connectivity index (χ3v) is 9.35. The SMILES string of the molecule is O=C(C1CCN(S(=O)(=O)c2cccc3nsnc23)CC1)N1CCC(CCOc2ccc(F)cc2)C1. The molecule has 1 unspecified atom stereocenters. The van der Waals surface area contributed by atoms with Crippen molar-refractivity contribution in [3.63, 3.8) is 0 Å². The van der Waals surface area contributed by atoms with Crippen LogP contribution in [0.3, 0.4) is 0 Å². The Labute approximate surface area is 208 Å². The topological polar surface area (TPSA) is 92.7 Å². The standard InChI is InChI=1S/C24H27FN4O4S2/c25-19-4-6-20(7-5-19)33-15-11-17-8-12-28(16-17)24(30)18-9-13-29(14-10-18)35(31,32)22-3-1-2-21-23(22)27-34-26-21/h1-7,17-18H,8-16H2. The number of sulfonamides is 1. The number of aromatic nitrogens is 2. The lowest BCUT2D eigenvalue weighted by Crippen LogP contribution is -2.44. The van der Waals surface area contributed by atoms with E-state index in [1.165, 1.54) is 16.4 Å². The molecule has 3 aromatic rings. The summed E-state index contributed by atoms with van der Waals surface area (Å²) in [5.41, 5.74) is 0.981. The molecule has 0 N–H and O–H groups in total. The maximum absolute atomic E-state index is 13.2. The summed E-state index contributed by atoms with van der Waals surface area (Å²) < 4.78 is 54.9. The van der Waals surface area contributed by atoms with Crippen LogP contribution in [0, 0.1) is 17.7 Å². The van der Waals surface area contributed by atoms with E-state index in [9.17, 15) is 17.6 Å². The molecule has 0 spiro atoms. The fraction of sp³-hybridized carbons (Fsp3) is 0.458. The van der Waals surface area contributed by atoms with Gasteiger partial charge in [-0.25, -0.2) is 12.8 Å². The van der Waals surface area contributed by atoms with Crippen LogP contribution in [0.15, 0.2) is 47.4 Å². The van der Waals surface area contributed by atoms with Crippen molar-refractivity contribution in [3.8, 4) is 5.75 Å². The van der Waals surface area contributed by atoms with Crippen molar-refractivity contribution in [2.75, 3.05) is 32.8 Å². The predicted octanol–water partition coefficient (Wildman–Crippen LogP) is 3.55. The zero-order valence-corrected chi connectivity index (χ0v) is 20.8. The Morgan fingerprint density at radius 1 is 1.06 bits per heavy atom. The van der Waals surface area contributed by atoms with Gasteiger partial charge in [-0.05, 0) is 68.0 Å². The van der Waals surface area contributed by atoms with E-state index in [1.807, 2.05) is 4.90 Å². The molecule has 8 nitrogen and oxygen atoms in total. The van der Waals surface area contributed by atoms with Gasteiger partial charge in [-0.3, -0.25) is 4.79 Å². The number of carbonyl (C=O) groups is 1. The summed E-state index contributed by atoms with van der Waals surface area (Å²) in [4.78, 5) is 15.2. The Kier molecular flexibility index (Phi) is 6.99. The van der Waals surface area contributed by atoms with Gasteiger partial charge in [-0.15, -0.1) is 0 Å². The molecule has 0 aliphatic carbocycles. The number of benzene rings is 2. The van der Waals surface area contributed by atoms with E-state index in [1.54, 1.807) is 30.3 Å². The molecule has 0 saturated carbocycles. The lowest BCUT2D eigenvalue weighted by molar-refractivity contribution is -0.135. The number of carbonyl (C=O) groups excluding carboxylic acids is 1. The number of piperidine rings is 1. The fourth-order valence-corrected chi connectivity index (χ4v) is 7.09. The first-order valence-corrected chi connectivity index (χ1v) is 14.0. The first-order valence-electron chi connectivity index (χ1n) is 11.8. The van der Waals surface area contributed by atoms with Gasteiger partial charge in [-0.2, -0.15) is 13.1 Å². The molecule has 1 atom stereocenters. The molecule has 5 rings (SSSR count). The summed E-state index contributed by atoms with van der Waals surface area (Å²) in [6.07, 6.45) is 2.78. The number of hydrogen-bond acceptors (Lipinski definition) is 7. The Hall–Kier alpha value is -2.63. The lowest BCUT2D eigenvalue weighted by atomic mass is 9.96. The van der Waals surface area contributed by atoms with Crippen molar-refractivity contribution in [1.29, 1.82) is 0 Å². The Balaban J connectivity index is 1.11. The van der Waals surface area contributed by atoms with E-state index in [4.69, 9.17) is 4.74 Å². The van der Waals surface area contributed by atoms with E-state index in [-0.39, 0.29) is 22.5 Å². The molecule has 0 bridgehead atoms. The number of halogens is 1. The molecule has 2 aliphatic rings. The second kappa shape index (κ2) is 10.2. The minimum absolute atomic E-state index is 0.120. The van der Waals surface area contributed by atoms with E-state index in [2.05, 4.69) is 8.75 Å². The zero-order chi connectivity index (χ0) is 24.4. The van der Waals surface area contributed by atoms with Crippen molar-refractivity contribution in [2.45, 2.75) is 30.6 Å². The van der Waals surface area contributed by atoms with Crippen LogP contribution in [0.25, 0.3) is 11.0 Å². The molecule has 1 amide bonds. The molecular formula is C24H27FN4O4S2. The molecule has 2 aliphatic heterocycles. The summed E-state index contributed by atoms with van der Waals surface area (Å²) in [6.45, 7) is 2.57. The minimum atomic E-state index is -3.69. The van der Waals surface area contributed by atoms with Crippen LogP contribution in [-0.2, 0) is 14.8 Å². The highest BCUT2D eigenvalue weighted by Gasteiger charge is 2.36. The van der Waals surface area contributed by atoms with Gasteiger partial charge >= 0.3 is 0 Å². The van der Waals surface area contributed by atoms with Gasteiger partial charge < -0.3 is 9.64 Å². The van der Waals surface area contributed by atoms with Crippen LogP contribution in [-0.4, -0.2) is 65.1 Å². The number of ether oxygens (including phenoxy) is 1. The largest absolute Gasteiger partial charge is 0.494 e. The first kappa shape index (κ1) is 24.1. The maximum Gasteiger partial charge on any atom is 0.245 e. The Morgan fingerprint density at radius 3 is 2.60 bits per heavy atom. The number of amides is 1. The average molecular weight is 519 g/mol. The van der Waals surface area contributed by atoms with Gasteiger partial charge in [0.2, 0.25) is 15.9 Å². The summed E-state index contributed by atoms with van der Waals surface area (Å²) >= 11 is 0.998. The van der Waals surface area contributed by atoms with Crippen LogP contribution >= 0.6 is 11.7 Å². The highest BCUT2D eigenvalue weighted by Crippen LogP contribution is 2.30. The van der Waals surface area contributed by atoms with Crippen LogP contribution in [0.5, 0.6) is 5.75 Å². The highest BCUT2D eigenvalue weighted by molar-refractivity contribution is 7.89. The monoisotopic (exact) mass is 518 g/mol. The van der Waals surface area contributed by atoms with Crippen molar-refractivity contribution in [3.05, 3.63) is 48.3 Å². The molecule has 3 heterocycles. The van der Waals surface area contributed by atoms with Crippen LogP contribution in [0.1, 0.15) is 25.7 Å². The zero-order valence-electron chi connectivity index (χ0n) is 19.2. The number of likely N-dealkylation sites (tertiary alicyclic amines) is 1. The first-order chi connectivity index (χ1) is 16.9. The van der Waals surface area contributed by atoms with Crippen molar-refractivity contribution in [2.24, 2.45) is 11.8 Å². The second-order valence-corrected chi connectivity index (χ2v) is 11.5. The molecule has 2 fully saturated rings. The summed E-state index contributed by atoms with van der Waals surface area (Å²) in [5.74, 6) is 0.676. The summed E-state index contributed by atoms with van der Waals surface area (Å²) in [6, 6.07) is 11.0. The maximum atomic E-state index is 13.2. The molecular weight excluding hydrogens is 491 g/mol. The van der Waals surface area contributed by atoms with Gasteiger partial charge in [0, 0.05) is 32.1 Å². The molecule has 1 aromatic heterocycles. The Morgan fingerprint density at radius 2 is 1.83 bits per heavy atom. The second-order valence-electron chi connectivity index (χ2n) is 9.10. The normalized spacial score (nSPS) is 19.9. The number of hydrogen-bond donors (Lipinski definition) is 0. The minimum Gasteiger partial charge on any atom is -0.494 e. The number of rotatable bonds is 7. The van der Waals surface area contributed by atoms with Gasteiger partial charge in [0.25, 0.3) is 0 Å². The number of nitrogens with zero attached hydrogens (tertiary/aromatic N) is 4. The van der Waals surface area contributed by atoms with Gasteiger partial charge in [0.05, 0.1) is 18.3 Å². The molecule has 2 aromatic carbocycles. The molecule has 11 heteroatoms. The molecule has 35 heavy (non-hydrogen) atoms. The third-order valence-electron chi connectivity index (χ3n) is 6.88. The summed E-state index contributed by atoms with van der Waals surface area (Å²) in [5, 5.41) is 0. The van der Waals surface area contributed by atoms with E-state index in [0.717, 1.165) is 31.1 Å². The average Bonchev–Trinajstić information content (AvgIpc) is 3.54. The van der Waals surface area contributed by atoms with Gasteiger partial charge in [-0.1, -0.05) is 6.07 Å². The molecule has 0 radical (unpaired) electrons. The third kappa shape index (κ3) is 5.17. The fourth-order valence-electron chi connectivity index (χ4n) is 4.87. The van der Waals surface area contributed by atoms with Crippen LogP contribution < -0.4 is 4.74 Å². The smallest absolute Gasteiger partial charge is 0.245 e. The summed E-state index contributed by atoms with van der Waals surface area (Å²) in [7, 11) is -3.69. The van der Waals surface area contributed by atoms with Crippen LogP contribution in [0.2, 0.25) is 0 Å².